The molecule has 1 amide bonds. The molecule has 30 heavy (non-hydrogen) atoms. The highest BCUT2D eigenvalue weighted by Crippen LogP contribution is 2.24. The third-order valence-electron chi connectivity index (χ3n) is 5.01. The molecule has 3 aromatic rings. The van der Waals surface area contributed by atoms with Crippen molar-refractivity contribution in [1.29, 1.82) is 0 Å². The Labute approximate surface area is 174 Å². The number of aromatic nitrogens is 1. The maximum Gasteiger partial charge on any atom is 0.243 e. The SMILES string of the molecule is Cc1cc(NC(=O)CN(CC2CCCO2)S(=O)(=O)c2ccc3ccccc3c2)no1. The standard InChI is InChI=1S/C21H23N3O5S/c1-15-11-20(23-29-15)22-21(25)14-24(13-18-7-4-10-28-18)30(26,27)19-9-8-16-5-2-3-6-17(16)12-19/h2-3,5-6,8-9,11-12,18H,4,7,10,13-14H2,1H3,(H,22,23,25). The number of hydrogen-bond acceptors (Lipinski definition) is 6. The number of benzene rings is 2. The molecule has 1 aromatic heterocycles. The van der Waals surface area contributed by atoms with Gasteiger partial charge in [0, 0.05) is 19.2 Å². The molecule has 0 bridgehead atoms. The normalized spacial score (nSPS) is 16.9. The van der Waals surface area contributed by atoms with Gasteiger partial charge in [0.05, 0.1) is 17.5 Å². The van der Waals surface area contributed by atoms with Crippen molar-refractivity contribution in [3.63, 3.8) is 0 Å². The summed E-state index contributed by atoms with van der Waals surface area (Å²) in [7, 11) is -3.91. The summed E-state index contributed by atoms with van der Waals surface area (Å²) in [6.07, 6.45) is 1.40. The van der Waals surface area contributed by atoms with Crippen LogP contribution in [0.1, 0.15) is 18.6 Å². The molecule has 1 unspecified atom stereocenters. The van der Waals surface area contributed by atoms with Gasteiger partial charge in [-0.3, -0.25) is 4.79 Å². The fraction of sp³-hybridized carbons (Fsp3) is 0.333. The third kappa shape index (κ3) is 4.53. The fourth-order valence-electron chi connectivity index (χ4n) is 3.51. The van der Waals surface area contributed by atoms with Gasteiger partial charge in [0.25, 0.3) is 0 Å². The molecule has 1 atom stereocenters. The van der Waals surface area contributed by atoms with E-state index in [4.69, 9.17) is 9.26 Å². The second kappa shape index (κ2) is 8.55. The monoisotopic (exact) mass is 429 g/mol. The zero-order valence-electron chi connectivity index (χ0n) is 16.6. The van der Waals surface area contributed by atoms with E-state index in [-0.39, 0.29) is 29.9 Å². The van der Waals surface area contributed by atoms with Crippen LogP contribution in [0.5, 0.6) is 0 Å². The highest BCUT2D eigenvalue weighted by molar-refractivity contribution is 7.89. The molecule has 8 nitrogen and oxygen atoms in total. The van der Waals surface area contributed by atoms with Crippen LogP contribution in [0, 0.1) is 6.92 Å². The number of nitrogens with zero attached hydrogens (tertiary/aromatic N) is 2. The molecule has 1 fully saturated rings. The molecular formula is C21H23N3O5S. The number of aryl methyl sites for hydroxylation is 1. The molecule has 1 N–H and O–H groups in total. The van der Waals surface area contributed by atoms with Crippen molar-refractivity contribution in [3.05, 3.63) is 54.3 Å². The zero-order valence-corrected chi connectivity index (χ0v) is 17.4. The summed E-state index contributed by atoms with van der Waals surface area (Å²) in [5.41, 5.74) is 0. The van der Waals surface area contributed by atoms with Crippen LogP contribution in [0.15, 0.2) is 57.9 Å². The molecule has 4 rings (SSSR count). The first-order chi connectivity index (χ1) is 14.4. The summed E-state index contributed by atoms with van der Waals surface area (Å²) >= 11 is 0. The summed E-state index contributed by atoms with van der Waals surface area (Å²) in [5, 5.41) is 8.07. The van der Waals surface area contributed by atoms with Crippen molar-refractivity contribution in [1.82, 2.24) is 9.46 Å². The van der Waals surface area contributed by atoms with Gasteiger partial charge in [-0.25, -0.2) is 8.42 Å². The Morgan fingerprint density at radius 2 is 2.00 bits per heavy atom. The second-order valence-electron chi connectivity index (χ2n) is 7.31. The Hall–Kier alpha value is -2.75. The molecule has 158 valence electrons. The van der Waals surface area contributed by atoms with E-state index in [1.807, 2.05) is 24.3 Å². The van der Waals surface area contributed by atoms with E-state index in [9.17, 15) is 13.2 Å². The summed E-state index contributed by atoms with van der Waals surface area (Å²) in [4.78, 5) is 12.7. The van der Waals surface area contributed by atoms with Gasteiger partial charge in [-0.05, 0) is 42.7 Å². The van der Waals surface area contributed by atoms with Crippen molar-refractivity contribution in [2.75, 3.05) is 25.0 Å². The summed E-state index contributed by atoms with van der Waals surface area (Å²) in [5.74, 6) is 0.300. The van der Waals surface area contributed by atoms with Crippen molar-refractivity contribution in [2.24, 2.45) is 0 Å². The maximum atomic E-state index is 13.4. The van der Waals surface area contributed by atoms with Crippen molar-refractivity contribution in [2.45, 2.75) is 30.8 Å². The minimum atomic E-state index is -3.91. The van der Waals surface area contributed by atoms with Crippen LogP contribution < -0.4 is 5.32 Å². The van der Waals surface area contributed by atoms with E-state index in [0.717, 1.165) is 23.6 Å². The Kier molecular flexibility index (Phi) is 5.85. The average molecular weight is 429 g/mol. The summed E-state index contributed by atoms with van der Waals surface area (Å²) < 4.78 is 38.6. The van der Waals surface area contributed by atoms with Gasteiger partial charge in [-0.15, -0.1) is 0 Å². The van der Waals surface area contributed by atoms with E-state index in [1.165, 1.54) is 4.31 Å². The van der Waals surface area contributed by atoms with Crippen molar-refractivity contribution in [3.8, 4) is 0 Å². The number of fused-ring (bicyclic) bond motifs is 1. The Bertz CT molecular complexity index is 1150. The van der Waals surface area contributed by atoms with E-state index >= 15 is 0 Å². The van der Waals surface area contributed by atoms with Gasteiger partial charge in [0.15, 0.2) is 5.82 Å². The third-order valence-corrected chi connectivity index (χ3v) is 6.81. The first-order valence-electron chi connectivity index (χ1n) is 9.75. The number of carbonyl (C=O) groups excluding carboxylic acids is 1. The van der Waals surface area contributed by atoms with Gasteiger partial charge in [0.1, 0.15) is 5.76 Å². The molecule has 2 aromatic carbocycles. The van der Waals surface area contributed by atoms with Gasteiger partial charge in [-0.2, -0.15) is 4.31 Å². The fourth-order valence-corrected chi connectivity index (χ4v) is 4.97. The summed E-state index contributed by atoms with van der Waals surface area (Å²) in [6.45, 7) is 2.07. The minimum absolute atomic E-state index is 0.112. The van der Waals surface area contributed by atoms with Gasteiger partial charge in [-0.1, -0.05) is 35.5 Å². The first kappa shape index (κ1) is 20.5. The van der Waals surface area contributed by atoms with E-state index in [1.54, 1.807) is 31.2 Å². The van der Waals surface area contributed by atoms with E-state index < -0.39 is 15.9 Å². The molecule has 0 aliphatic carbocycles. The number of ether oxygens (including phenoxy) is 1. The number of amides is 1. The highest BCUT2D eigenvalue weighted by Gasteiger charge is 2.31. The van der Waals surface area contributed by atoms with Crippen LogP contribution in [-0.2, 0) is 19.6 Å². The number of anilines is 1. The predicted molar refractivity (Wildman–Crippen MR) is 112 cm³/mol. The lowest BCUT2D eigenvalue weighted by Gasteiger charge is -2.24. The molecule has 1 aliphatic rings. The Morgan fingerprint density at radius 3 is 2.70 bits per heavy atom. The number of hydrogen-bond donors (Lipinski definition) is 1. The van der Waals surface area contributed by atoms with E-state index in [0.29, 0.717) is 12.4 Å². The molecule has 0 saturated carbocycles. The van der Waals surface area contributed by atoms with Crippen LogP contribution >= 0.6 is 0 Å². The van der Waals surface area contributed by atoms with Gasteiger partial charge in [0.2, 0.25) is 15.9 Å². The molecular weight excluding hydrogens is 406 g/mol. The number of carbonyl (C=O) groups is 1. The van der Waals surface area contributed by atoms with Crippen LogP contribution in [0.25, 0.3) is 10.8 Å². The number of rotatable bonds is 7. The molecule has 2 heterocycles. The molecule has 0 radical (unpaired) electrons. The van der Waals surface area contributed by atoms with E-state index in [2.05, 4.69) is 10.5 Å². The second-order valence-corrected chi connectivity index (χ2v) is 9.25. The maximum absolute atomic E-state index is 13.4. The van der Waals surface area contributed by atoms with Crippen LogP contribution in [-0.4, -0.2) is 49.6 Å². The number of nitrogens with one attached hydrogen (secondary N) is 1. The van der Waals surface area contributed by atoms with Gasteiger partial charge < -0.3 is 14.6 Å². The lowest BCUT2D eigenvalue weighted by molar-refractivity contribution is -0.116. The molecule has 9 heteroatoms. The molecule has 1 aliphatic heterocycles. The largest absolute Gasteiger partial charge is 0.377 e. The zero-order chi connectivity index (χ0) is 21.1. The predicted octanol–water partition coefficient (Wildman–Crippen LogP) is 2.94. The van der Waals surface area contributed by atoms with Crippen molar-refractivity contribution < 1.29 is 22.5 Å². The minimum Gasteiger partial charge on any atom is -0.377 e. The molecule has 0 spiro atoms. The lowest BCUT2D eigenvalue weighted by atomic mass is 10.1. The Balaban J connectivity index is 1.60. The van der Waals surface area contributed by atoms with Gasteiger partial charge >= 0.3 is 0 Å². The Morgan fingerprint density at radius 1 is 1.20 bits per heavy atom. The highest BCUT2D eigenvalue weighted by atomic mass is 32.2. The topological polar surface area (TPSA) is 102 Å². The quantitative estimate of drug-likeness (QED) is 0.620. The lowest BCUT2D eigenvalue weighted by Crippen LogP contribution is -2.42. The molecule has 1 saturated heterocycles. The average Bonchev–Trinajstić information content (AvgIpc) is 3.38. The van der Waals surface area contributed by atoms with Crippen LogP contribution in [0.2, 0.25) is 0 Å². The summed E-state index contributed by atoms with van der Waals surface area (Å²) in [6, 6.07) is 14.1. The first-order valence-corrected chi connectivity index (χ1v) is 11.2. The van der Waals surface area contributed by atoms with Crippen LogP contribution in [0.4, 0.5) is 5.82 Å². The number of sulfonamides is 1. The smallest absolute Gasteiger partial charge is 0.243 e. The van der Waals surface area contributed by atoms with Crippen LogP contribution in [0.3, 0.4) is 0 Å². The van der Waals surface area contributed by atoms with Crippen molar-refractivity contribution >= 4 is 32.5 Å².